The molecule has 1 radical (unpaired) electrons. The summed E-state index contributed by atoms with van der Waals surface area (Å²) in [4.78, 5) is 0. The molecule has 0 N–H and O–H groups in total. The molecule has 1 aromatic heterocycles. The van der Waals surface area contributed by atoms with Crippen molar-refractivity contribution < 1.29 is 0 Å². The maximum atomic E-state index is 4.28. The number of hydrogen-bond acceptors (Lipinski definition) is 1. The quantitative estimate of drug-likeness (QED) is 0.719. The van der Waals surface area contributed by atoms with E-state index >= 15 is 0 Å². The highest BCUT2D eigenvalue weighted by atomic mass is 15.3. The molecule has 2 rings (SSSR count). The van der Waals surface area contributed by atoms with Gasteiger partial charge in [0.25, 0.3) is 0 Å². The highest BCUT2D eigenvalue weighted by molar-refractivity contribution is 5.60. The molecular formula is C12H13N2. The lowest BCUT2D eigenvalue weighted by atomic mass is 10.1. The Hall–Kier alpha value is -1.57. The van der Waals surface area contributed by atoms with Crippen molar-refractivity contribution in [2.45, 2.75) is 19.9 Å². The van der Waals surface area contributed by atoms with Crippen LogP contribution in [0.25, 0.3) is 11.1 Å². The summed E-state index contributed by atoms with van der Waals surface area (Å²) in [5.74, 6) is 0. The second kappa shape index (κ2) is 4.09. The number of benzene rings is 1. The first-order valence-electron chi connectivity index (χ1n) is 4.89. The number of hydrogen-bond donors (Lipinski definition) is 0. The van der Waals surface area contributed by atoms with Crippen molar-refractivity contribution in [3.8, 4) is 11.1 Å². The number of aryl methyl sites for hydroxylation is 1. The Balaban J connectivity index is 2.25. The van der Waals surface area contributed by atoms with Crippen molar-refractivity contribution in [2.24, 2.45) is 0 Å². The van der Waals surface area contributed by atoms with Crippen molar-refractivity contribution in [1.82, 2.24) is 9.78 Å². The average molecular weight is 185 g/mol. The average Bonchev–Trinajstić information content (AvgIpc) is 2.68. The van der Waals surface area contributed by atoms with E-state index in [4.69, 9.17) is 0 Å². The van der Waals surface area contributed by atoms with Crippen LogP contribution in [0, 0.1) is 6.07 Å². The topological polar surface area (TPSA) is 17.8 Å². The SMILES string of the molecule is CCCn1cc(-c2[c]cccc2)cn1. The summed E-state index contributed by atoms with van der Waals surface area (Å²) in [6.07, 6.45) is 5.07. The maximum Gasteiger partial charge on any atom is 0.0568 e. The van der Waals surface area contributed by atoms with Gasteiger partial charge in [-0.3, -0.25) is 4.68 Å². The molecule has 0 aliphatic carbocycles. The van der Waals surface area contributed by atoms with E-state index in [1.165, 1.54) is 0 Å². The highest BCUT2D eigenvalue weighted by Crippen LogP contribution is 2.16. The van der Waals surface area contributed by atoms with Gasteiger partial charge in [0.05, 0.1) is 6.20 Å². The molecule has 0 aliphatic rings. The lowest BCUT2D eigenvalue weighted by Crippen LogP contribution is -1.95. The number of nitrogens with zero attached hydrogens (tertiary/aromatic N) is 2. The van der Waals surface area contributed by atoms with Crippen LogP contribution in [-0.2, 0) is 6.54 Å². The van der Waals surface area contributed by atoms with Crippen LogP contribution in [0.5, 0.6) is 0 Å². The van der Waals surface area contributed by atoms with Gasteiger partial charge >= 0.3 is 0 Å². The van der Waals surface area contributed by atoms with E-state index in [1.807, 2.05) is 35.1 Å². The standard InChI is InChI=1S/C12H13N2/c1-2-8-14-10-12(9-13-14)11-6-4-3-5-7-11/h3-6,9-10H,2,8H2,1H3. The first kappa shape index (κ1) is 9.00. The van der Waals surface area contributed by atoms with Crippen LogP contribution < -0.4 is 0 Å². The third-order valence-corrected chi connectivity index (χ3v) is 2.11. The molecule has 0 saturated carbocycles. The van der Waals surface area contributed by atoms with Crippen molar-refractivity contribution in [2.75, 3.05) is 0 Å². The fourth-order valence-corrected chi connectivity index (χ4v) is 1.43. The zero-order valence-electron chi connectivity index (χ0n) is 8.27. The molecule has 1 aromatic carbocycles. The third-order valence-electron chi connectivity index (χ3n) is 2.11. The van der Waals surface area contributed by atoms with Gasteiger partial charge in [-0.2, -0.15) is 5.10 Å². The lowest BCUT2D eigenvalue weighted by molar-refractivity contribution is 0.603. The summed E-state index contributed by atoms with van der Waals surface area (Å²) < 4.78 is 1.97. The summed E-state index contributed by atoms with van der Waals surface area (Å²) >= 11 is 0. The largest absolute Gasteiger partial charge is 0.272 e. The van der Waals surface area contributed by atoms with Gasteiger partial charge in [-0.25, -0.2) is 0 Å². The Bertz CT molecular complexity index is 390. The fraction of sp³-hybridized carbons (Fsp3) is 0.250. The Morgan fingerprint density at radius 2 is 2.36 bits per heavy atom. The molecule has 1 heterocycles. The zero-order chi connectivity index (χ0) is 9.80. The van der Waals surface area contributed by atoms with Gasteiger partial charge in [-0.1, -0.05) is 31.2 Å². The molecule has 2 aromatic rings. The molecule has 14 heavy (non-hydrogen) atoms. The summed E-state index contributed by atoms with van der Waals surface area (Å²) in [6, 6.07) is 11.1. The molecule has 2 nitrogen and oxygen atoms in total. The molecule has 71 valence electrons. The normalized spacial score (nSPS) is 10.4. The Morgan fingerprint density at radius 1 is 1.43 bits per heavy atom. The van der Waals surface area contributed by atoms with Gasteiger partial charge in [-0.05, 0) is 18.1 Å². The van der Waals surface area contributed by atoms with Crippen molar-refractivity contribution in [1.29, 1.82) is 0 Å². The third kappa shape index (κ3) is 1.84. The predicted octanol–water partition coefficient (Wildman–Crippen LogP) is 2.76. The Labute approximate surface area is 84.2 Å². The summed E-state index contributed by atoms with van der Waals surface area (Å²) in [5, 5.41) is 4.28. The van der Waals surface area contributed by atoms with E-state index in [-0.39, 0.29) is 0 Å². The van der Waals surface area contributed by atoms with Gasteiger partial charge in [0, 0.05) is 18.3 Å². The second-order valence-corrected chi connectivity index (χ2v) is 3.27. The van der Waals surface area contributed by atoms with Crippen molar-refractivity contribution >= 4 is 0 Å². The highest BCUT2D eigenvalue weighted by Gasteiger charge is 1.99. The van der Waals surface area contributed by atoms with Gasteiger partial charge in [0.1, 0.15) is 0 Å². The predicted molar refractivity (Wildman–Crippen MR) is 56.8 cm³/mol. The molecule has 0 aliphatic heterocycles. The Kier molecular flexibility index (Phi) is 2.63. The molecule has 0 spiro atoms. The van der Waals surface area contributed by atoms with Crippen LogP contribution in [0.15, 0.2) is 36.7 Å². The van der Waals surface area contributed by atoms with Crippen molar-refractivity contribution in [3.63, 3.8) is 0 Å². The van der Waals surface area contributed by atoms with Gasteiger partial charge in [-0.15, -0.1) is 0 Å². The summed E-state index contributed by atoms with van der Waals surface area (Å²) in [7, 11) is 0. The second-order valence-electron chi connectivity index (χ2n) is 3.27. The van der Waals surface area contributed by atoms with Crippen LogP contribution in [0.2, 0.25) is 0 Å². The van der Waals surface area contributed by atoms with Crippen molar-refractivity contribution in [3.05, 3.63) is 42.7 Å². The summed E-state index contributed by atoms with van der Waals surface area (Å²) in [5.41, 5.74) is 2.24. The van der Waals surface area contributed by atoms with E-state index in [2.05, 4.69) is 24.3 Å². The van der Waals surface area contributed by atoms with E-state index in [0.29, 0.717) is 0 Å². The summed E-state index contributed by atoms with van der Waals surface area (Å²) in [6.45, 7) is 3.13. The molecule has 0 fully saturated rings. The molecule has 0 saturated heterocycles. The minimum Gasteiger partial charge on any atom is -0.272 e. The van der Waals surface area contributed by atoms with E-state index < -0.39 is 0 Å². The lowest BCUT2D eigenvalue weighted by Gasteiger charge is -1.96. The Morgan fingerprint density at radius 3 is 3.07 bits per heavy atom. The van der Waals surface area contributed by atoms with Gasteiger partial charge in [0.2, 0.25) is 0 Å². The van der Waals surface area contributed by atoms with Crippen LogP contribution in [0.4, 0.5) is 0 Å². The smallest absolute Gasteiger partial charge is 0.0568 e. The first-order valence-corrected chi connectivity index (χ1v) is 4.89. The molecule has 0 bridgehead atoms. The minimum atomic E-state index is 0.979. The van der Waals surface area contributed by atoms with Crippen LogP contribution >= 0.6 is 0 Å². The minimum absolute atomic E-state index is 0.979. The van der Waals surface area contributed by atoms with E-state index in [1.54, 1.807) is 0 Å². The van der Waals surface area contributed by atoms with E-state index in [9.17, 15) is 0 Å². The van der Waals surface area contributed by atoms with Crippen LogP contribution in [-0.4, -0.2) is 9.78 Å². The molecule has 0 amide bonds. The van der Waals surface area contributed by atoms with Gasteiger partial charge in [0.15, 0.2) is 0 Å². The molecule has 2 heteroatoms. The van der Waals surface area contributed by atoms with E-state index in [0.717, 1.165) is 24.1 Å². The van der Waals surface area contributed by atoms with Crippen LogP contribution in [0.3, 0.4) is 0 Å². The maximum absolute atomic E-state index is 4.28. The zero-order valence-corrected chi connectivity index (χ0v) is 8.27. The molecule has 0 unspecified atom stereocenters. The number of rotatable bonds is 3. The molecule has 0 atom stereocenters. The number of aromatic nitrogens is 2. The molecular weight excluding hydrogens is 172 g/mol. The fourth-order valence-electron chi connectivity index (χ4n) is 1.43. The monoisotopic (exact) mass is 185 g/mol. The first-order chi connectivity index (χ1) is 6.90. The van der Waals surface area contributed by atoms with Crippen LogP contribution in [0.1, 0.15) is 13.3 Å². The van der Waals surface area contributed by atoms with Gasteiger partial charge < -0.3 is 0 Å².